The van der Waals surface area contributed by atoms with Crippen molar-refractivity contribution < 1.29 is 0 Å². The molecular formula is C15H29N3. The van der Waals surface area contributed by atoms with Crippen LogP contribution in [-0.2, 0) is 6.54 Å². The zero-order valence-electron chi connectivity index (χ0n) is 12.4. The minimum Gasteiger partial charge on any atom is -0.308 e. The number of hydrogen-bond acceptors (Lipinski definition) is 2. The Morgan fingerprint density at radius 1 is 1.28 bits per heavy atom. The maximum absolute atomic E-state index is 4.40. The lowest BCUT2D eigenvalue weighted by Gasteiger charge is -2.26. The van der Waals surface area contributed by atoms with Crippen molar-refractivity contribution in [3.05, 3.63) is 18.0 Å². The van der Waals surface area contributed by atoms with E-state index in [-0.39, 0.29) is 0 Å². The second kappa shape index (κ2) is 8.30. The van der Waals surface area contributed by atoms with Gasteiger partial charge in [-0.15, -0.1) is 0 Å². The number of nitrogens with one attached hydrogen (secondary N) is 1. The van der Waals surface area contributed by atoms with Gasteiger partial charge in [0.05, 0.1) is 11.7 Å². The fourth-order valence-corrected chi connectivity index (χ4v) is 2.46. The Kier molecular flexibility index (Phi) is 7.02. The highest BCUT2D eigenvalue weighted by Crippen LogP contribution is 2.26. The van der Waals surface area contributed by atoms with Crippen molar-refractivity contribution in [1.29, 1.82) is 0 Å². The van der Waals surface area contributed by atoms with Gasteiger partial charge in [-0.05, 0) is 38.3 Å². The number of hydrogen-bond donors (Lipinski definition) is 1. The second-order valence-electron chi connectivity index (χ2n) is 5.12. The molecule has 0 aliphatic heterocycles. The van der Waals surface area contributed by atoms with Crippen LogP contribution in [0.25, 0.3) is 0 Å². The van der Waals surface area contributed by atoms with Gasteiger partial charge in [-0.1, -0.05) is 33.6 Å². The predicted octanol–water partition coefficient (Wildman–Crippen LogP) is 3.77. The van der Waals surface area contributed by atoms with Crippen molar-refractivity contribution in [2.45, 2.75) is 66.0 Å². The van der Waals surface area contributed by atoms with E-state index in [0.29, 0.717) is 12.0 Å². The van der Waals surface area contributed by atoms with Gasteiger partial charge in [0.2, 0.25) is 0 Å². The molecule has 104 valence electrons. The van der Waals surface area contributed by atoms with Crippen LogP contribution < -0.4 is 5.32 Å². The number of aromatic nitrogens is 2. The Hall–Kier alpha value is -0.830. The molecule has 1 aromatic rings. The van der Waals surface area contributed by atoms with Crippen LogP contribution in [0.15, 0.2) is 12.3 Å². The molecule has 0 aliphatic rings. The van der Waals surface area contributed by atoms with Crippen LogP contribution in [0.5, 0.6) is 0 Å². The summed E-state index contributed by atoms with van der Waals surface area (Å²) in [7, 11) is 0. The molecule has 2 unspecified atom stereocenters. The van der Waals surface area contributed by atoms with Crippen molar-refractivity contribution >= 4 is 0 Å². The van der Waals surface area contributed by atoms with Gasteiger partial charge < -0.3 is 5.32 Å². The third kappa shape index (κ3) is 4.13. The lowest BCUT2D eigenvalue weighted by Crippen LogP contribution is -2.30. The number of unbranched alkanes of at least 4 members (excludes halogenated alkanes) is 1. The van der Waals surface area contributed by atoms with E-state index in [1.807, 2.05) is 6.20 Å². The van der Waals surface area contributed by atoms with E-state index in [2.05, 4.69) is 48.9 Å². The lowest BCUT2D eigenvalue weighted by molar-refractivity contribution is 0.338. The zero-order valence-corrected chi connectivity index (χ0v) is 12.4. The molecule has 0 spiro atoms. The molecule has 1 N–H and O–H groups in total. The van der Waals surface area contributed by atoms with Crippen molar-refractivity contribution in [3.63, 3.8) is 0 Å². The summed E-state index contributed by atoms with van der Waals surface area (Å²) >= 11 is 0. The minimum absolute atomic E-state index is 0.443. The lowest BCUT2D eigenvalue weighted by atomic mass is 9.93. The molecule has 0 fully saturated rings. The van der Waals surface area contributed by atoms with E-state index < -0.39 is 0 Å². The SMILES string of the molecule is CCCCC(C)C(NCCC)c1ccnn1CC. The molecule has 0 aromatic carbocycles. The largest absolute Gasteiger partial charge is 0.308 e. The van der Waals surface area contributed by atoms with E-state index in [1.54, 1.807) is 0 Å². The number of nitrogens with zero attached hydrogens (tertiary/aromatic N) is 2. The molecule has 0 saturated heterocycles. The van der Waals surface area contributed by atoms with E-state index in [4.69, 9.17) is 0 Å². The summed E-state index contributed by atoms with van der Waals surface area (Å²) in [5, 5.41) is 8.10. The van der Waals surface area contributed by atoms with Gasteiger partial charge in [0.15, 0.2) is 0 Å². The normalized spacial score (nSPS) is 14.7. The average Bonchev–Trinajstić information content (AvgIpc) is 2.85. The summed E-state index contributed by atoms with van der Waals surface area (Å²) in [4.78, 5) is 0. The van der Waals surface area contributed by atoms with E-state index in [0.717, 1.165) is 13.1 Å². The van der Waals surface area contributed by atoms with Gasteiger partial charge in [0.25, 0.3) is 0 Å². The predicted molar refractivity (Wildman–Crippen MR) is 77.6 cm³/mol. The highest BCUT2D eigenvalue weighted by atomic mass is 15.3. The van der Waals surface area contributed by atoms with Gasteiger partial charge in [0, 0.05) is 12.7 Å². The van der Waals surface area contributed by atoms with Gasteiger partial charge in [-0.3, -0.25) is 4.68 Å². The standard InChI is InChI=1S/C15H29N3/c1-5-8-9-13(4)15(16-11-6-2)14-10-12-17-18(14)7-3/h10,12-13,15-16H,5-9,11H2,1-4H3. The van der Waals surface area contributed by atoms with E-state index in [1.165, 1.54) is 31.4 Å². The molecule has 0 radical (unpaired) electrons. The average molecular weight is 251 g/mol. The fraction of sp³-hybridized carbons (Fsp3) is 0.800. The van der Waals surface area contributed by atoms with Crippen LogP contribution in [0.2, 0.25) is 0 Å². The third-order valence-corrected chi connectivity index (χ3v) is 3.56. The Bertz CT molecular complexity index is 319. The monoisotopic (exact) mass is 251 g/mol. The molecule has 3 heteroatoms. The van der Waals surface area contributed by atoms with Gasteiger partial charge in [0.1, 0.15) is 0 Å². The molecule has 0 aliphatic carbocycles. The maximum Gasteiger partial charge on any atom is 0.0556 e. The quantitative estimate of drug-likeness (QED) is 0.724. The fourth-order valence-electron chi connectivity index (χ4n) is 2.46. The molecule has 3 nitrogen and oxygen atoms in total. The van der Waals surface area contributed by atoms with Crippen LogP contribution in [0.3, 0.4) is 0 Å². The van der Waals surface area contributed by atoms with Crippen molar-refractivity contribution in [2.75, 3.05) is 6.54 Å². The first-order valence-corrected chi connectivity index (χ1v) is 7.49. The molecular weight excluding hydrogens is 222 g/mol. The number of aryl methyl sites for hydroxylation is 1. The van der Waals surface area contributed by atoms with Gasteiger partial charge in [-0.25, -0.2) is 0 Å². The van der Waals surface area contributed by atoms with Crippen LogP contribution >= 0.6 is 0 Å². The topological polar surface area (TPSA) is 29.9 Å². The van der Waals surface area contributed by atoms with E-state index >= 15 is 0 Å². The zero-order chi connectivity index (χ0) is 13.4. The summed E-state index contributed by atoms with van der Waals surface area (Å²) < 4.78 is 2.12. The first kappa shape index (κ1) is 15.2. The van der Waals surface area contributed by atoms with Crippen LogP contribution in [0.1, 0.15) is 65.1 Å². The Morgan fingerprint density at radius 2 is 2.06 bits per heavy atom. The van der Waals surface area contributed by atoms with Crippen molar-refractivity contribution in [1.82, 2.24) is 15.1 Å². The Morgan fingerprint density at radius 3 is 2.67 bits per heavy atom. The van der Waals surface area contributed by atoms with Gasteiger partial charge in [-0.2, -0.15) is 5.10 Å². The smallest absolute Gasteiger partial charge is 0.0556 e. The summed E-state index contributed by atoms with van der Waals surface area (Å²) in [6, 6.07) is 2.61. The molecule has 0 saturated carbocycles. The molecule has 0 amide bonds. The first-order chi connectivity index (χ1) is 8.74. The summed E-state index contributed by atoms with van der Waals surface area (Å²) in [6.45, 7) is 11.0. The van der Waals surface area contributed by atoms with Crippen molar-refractivity contribution in [2.24, 2.45) is 5.92 Å². The molecule has 0 bridgehead atoms. The Labute approximate surface area is 112 Å². The van der Waals surface area contributed by atoms with Crippen LogP contribution in [0.4, 0.5) is 0 Å². The highest BCUT2D eigenvalue weighted by molar-refractivity contribution is 5.08. The summed E-state index contributed by atoms with van der Waals surface area (Å²) in [5.41, 5.74) is 1.34. The first-order valence-electron chi connectivity index (χ1n) is 7.49. The molecule has 18 heavy (non-hydrogen) atoms. The maximum atomic E-state index is 4.40. The summed E-state index contributed by atoms with van der Waals surface area (Å²) in [5.74, 6) is 0.665. The molecule has 1 heterocycles. The second-order valence-corrected chi connectivity index (χ2v) is 5.12. The molecule has 1 rings (SSSR count). The van der Waals surface area contributed by atoms with E-state index in [9.17, 15) is 0 Å². The van der Waals surface area contributed by atoms with Gasteiger partial charge >= 0.3 is 0 Å². The summed E-state index contributed by atoms with van der Waals surface area (Å²) in [6.07, 6.45) is 6.97. The minimum atomic E-state index is 0.443. The molecule has 1 aromatic heterocycles. The number of rotatable bonds is 9. The van der Waals surface area contributed by atoms with Crippen molar-refractivity contribution in [3.8, 4) is 0 Å². The van der Waals surface area contributed by atoms with Crippen LogP contribution in [-0.4, -0.2) is 16.3 Å². The molecule has 2 atom stereocenters. The third-order valence-electron chi connectivity index (χ3n) is 3.56. The van der Waals surface area contributed by atoms with Crippen LogP contribution in [0, 0.1) is 5.92 Å². The highest BCUT2D eigenvalue weighted by Gasteiger charge is 2.21. The Balaban J connectivity index is 2.76.